The number of carbonyl (C=O) groups excluding carboxylic acids is 1. The molecule has 0 bridgehead atoms. The van der Waals surface area contributed by atoms with E-state index in [4.69, 9.17) is 4.74 Å². The fourth-order valence-electron chi connectivity index (χ4n) is 6.46. The van der Waals surface area contributed by atoms with Gasteiger partial charge in [0.1, 0.15) is 0 Å². The SMILES string of the molecule is CCCCCCCC1CCC2CC(c3cc4ccc(C(=O)OC)cc4c(F)c3F)CCC2C1. The smallest absolute Gasteiger partial charge is 0.337 e. The van der Waals surface area contributed by atoms with Crippen molar-refractivity contribution in [1.82, 2.24) is 0 Å². The Morgan fingerprint density at radius 2 is 1.70 bits per heavy atom. The number of rotatable bonds is 8. The molecule has 2 aliphatic rings. The van der Waals surface area contributed by atoms with Crippen molar-refractivity contribution in [2.75, 3.05) is 7.11 Å². The van der Waals surface area contributed by atoms with Crippen LogP contribution in [0.2, 0.25) is 0 Å². The maximum absolute atomic E-state index is 15.2. The molecule has 4 heteroatoms. The van der Waals surface area contributed by atoms with Crippen LogP contribution in [0.25, 0.3) is 10.8 Å². The van der Waals surface area contributed by atoms with E-state index in [1.54, 1.807) is 12.1 Å². The summed E-state index contributed by atoms with van der Waals surface area (Å²) in [6.45, 7) is 2.26. The summed E-state index contributed by atoms with van der Waals surface area (Å²) in [7, 11) is 1.28. The Hall–Kier alpha value is -1.97. The first-order chi connectivity index (χ1) is 16.0. The van der Waals surface area contributed by atoms with Gasteiger partial charge in [-0.3, -0.25) is 0 Å². The predicted octanol–water partition coefficient (Wildman–Crippen LogP) is 8.57. The molecule has 2 saturated carbocycles. The molecule has 4 unspecified atom stereocenters. The number of fused-ring (bicyclic) bond motifs is 2. The number of methoxy groups -OCH3 is 1. The summed E-state index contributed by atoms with van der Waals surface area (Å²) >= 11 is 0. The normalized spacial score (nSPS) is 25.1. The molecule has 0 spiro atoms. The molecule has 0 saturated heterocycles. The number of halogens is 2. The van der Waals surface area contributed by atoms with E-state index < -0.39 is 17.6 Å². The average molecular weight is 457 g/mol. The number of carbonyl (C=O) groups is 1. The largest absolute Gasteiger partial charge is 0.465 e. The van der Waals surface area contributed by atoms with Gasteiger partial charge in [0, 0.05) is 5.39 Å². The van der Waals surface area contributed by atoms with Gasteiger partial charge in [-0.05, 0) is 84.9 Å². The number of esters is 1. The average Bonchev–Trinajstić information content (AvgIpc) is 2.85. The van der Waals surface area contributed by atoms with Crippen LogP contribution in [-0.4, -0.2) is 13.1 Å². The Bertz CT molecular complexity index is 970. The number of hydrogen-bond acceptors (Lipinski definition) is 2. The maximum atomic E-state index is 15.2. The molecule has 2 aromatic rings. The van der Waals surface area contributed by atoms with Crippen molar-refractivity contribution in [3.8, 4) is 0 Å². The highest BCUT2D eigenvalue weighted by Gasteiger charge is 2.37. The van der Waals surface area contributed by atoms with Gasteiger partial charge in [0.15, 0.2) is 11.6 Å². The molecule has 2 aliphatic carbocycles. The summed E-state index contributed by atoms with van der Waals surface area (Å²) in [6.07, 6.45) is 15.0. The van der Waals surface area contributed by atoms with Crippen LogP contribution >= 0.6 is 0 Å². The second-order valence-corrected chi connectivity index (χ2v) is 10.4. The number of hydrogen-bond donors (Lipinski definition) is 0. The Labute approximate surface area is 197 Å². The van der Waals surface area contributed by atoms with E-state index in [-0.39, 0.29) is 16.9 Å². The van der Waals surface area contributed by atoms with Gasteiger partial charge in [-0.15, -0.1) is 0 Å². The fraction of sp³-hybridized carbons (Fsp3) is 0.621. The van der Waals surface area contributed by atoms with Crippen molar-refractivity contribution in [2.24, 2.45) is 17.8 Å². The first-order valence-corrected chi connectivity index (χ1v) is 13.0. The Morgan fingerprint density at radius 3 is 2.48 bits per heavy atom. The second kappa shape index (κ2) is 11.0. The van der Waals surface area contributed by atoms with Crippen LogP contribution in [0.1, 0.15) is 106 Å². The first-order valence-electron chi connectivity index (χ1n) is 13.0. The van der Waals surface area contributed by atoms with Gasteiger partial charge in [-0.25, -0.2) is 13.6 Å². The maximum Gasteiger partial charge on any atom is 0.337 e. The van der Waals surface area contributed by atoms with E-state index in [1.807, 2.05) is 6.07 Å². The van der Waals surface area contributed by atoms with E-state index >= 15 is 8.78 Å². The van der Waals surface area contributed by atoms with Crippen molar-refractivity contribution >= 4 is 16.7 Å². The number of ether oxygens (including phenoxy) is 1. The summed E-state index contributed by atoms with van der Waals surface area (Å²) in [5, 5.41) is 0.790. The van der Waals surface area contributed by atoms with Crippen LogP contribution in [0, 0.1) is 29.4 Å². The molecule has 33 heavy (non-hydrogen) atoms. The Kier molecular flexibility index (Phi) is 8.03. The molecule has 0 N–H and O–H groups in total. The zero-order chi connectivity index (χ0) is 23.4. The van der Waals surface area contributed by atoms with E-state index in [0.29, 0.717) is 16.9 Å². The molecule has 2 fully saturated rings. The Balaban J connectivity index is 1.42. The second-order valence-electron chi connectivity index (χ2n) is 10.4. The highest BCUT2D eigenvalue weighted by molar-refractivity contribution is 5.95. The van der Waals surface area contributed by atoms with Crippen LogP contribution in [0.3, 0.4) is 0 Å². The summed E-state index contributed by atoms with van der Waals surface area (Å²) < 4.78 is 34.9. The first kappa shape index (κ1) is 24.2. The van der Waals surface area contributed by atoms with Gasteiger partial charge in [0.25, 0.3) is 0 Å². The summed E-state index contributed by atoms with van der Waals surface area (Å²) in [5.41, 5.74) is 0.751. The quantitative estimate of drug-likeness (QED) is 0.294. The zero-order valence-corrected chi connectivity index (χ0v) is 20.2. The van der Waals surface area contributed by atoms with Crippen molar-refractivity contribution < 1.29 is 18.3 Å². The van der Waals surface area contributed by atoms with Crippen LogP contribution in [0.5, 0.6) is 0 Å². The summed E-state index contributed by atoms with van der Waals surface area (Å²) in [5.74, 6) is 0.206. The van der Waals surface area contributed by atoms with Crippen LogP contribution in [0.4, 0.5) is 8.78 Å². The molecule has 180 valence electrons. The van der Waals surface area contributed by atoms with E-state index in [2.05, 4.69) is 6.92 Å². The monoisotopic (exact) mass is 456 g/mol. The molecular weight excluding hydrogens is 418 g/mol. The van der Waals surface area contributed by atoms with Crippen molar-refractivity contribution in [3.05, 3.63) is 47.0 Å². The van der Waals surface area contributed by atoms with Crippen LogP contribution < -0.4 is 0 Å². The molecule has 4 rings (SSSR count). The molecule has 0 aliphatic heterocycles. The van der Waals surface area contributed by atoms with E-state index in [0.717, 1.165) is 31.1 Å². The Morgan fingerprint density at radius 1 is 0.939 bits per heavy atom. The number of unbranched alkanes of at least 4 members (excludes halogenated alkanes) is 4. The van der Waals surface area contributed by atoms with Gasteiger partial charge in [0.05, 0.1) is 12.7 Å². The lowest BCUT2D eigenvalue weighted by Gasteiger charge is -2.42. The lowest BCUT2D eigenvalue weighted by molar-refractivity contribution is 0.0601. The van der Waals surface area contributed by atoms with Gasteiger partial charge < -0.3 is 4.74 Å². The molecule has 0 heterocycles. The molecule has 2 nitrogen and oxygen atoms in total. The molecule has 4 atom stereocenters. The molecule has 2 aromatic carbocycles. The highest BCUT2D eigenvalue weighted by Crippen LogP contribution is 2.49. The van der Waals surface area contributed by atoms with Crippen LogP contribution in [0.15, 0.2) is 24.3 Å². The third kappa shape index (κ3) is 5.41. The standard InChI is InChI=1S/C29H38F2O2/c1-3-4-5-6-7-8-19-9-10-21-16-22(12-11-20(21)15-19)25-17-23-13-14-24(29(32)33-2)18-26(23)28(31)27(25)30/h13-14,17-22H,3-12,15-16H2,1-2H3. The van der Waals surface area contributed by atoms with Gasteiger partial charge in [-0.2, -0.15) is 0 Å². The molecular formula is C29H38F2O2. The van der Waals surface area contributed by atoms with Gasteiger partial charge >= 0.3 is 5.97 Å². The highest BCUT2D eigenvalue weighted by atomic mass is 19.2. The molecule has 0 radical (unpaired) electrons. The fourth-order valence-corrected chi connectivity index (χ4v) is 6.46. The lowest BCUT2D eigenvalue weighted by atomic mass is 9.63. The molecule has 0 aromatic heterocycles. The third-order valence-corrected chi connectivity index (χ3v) is 8.35. The predicted molar refractivity (Wildman–Crippen MR) is 129 cm³/mol. The summed E-state index contributed by atoms with van der Waals surface area (Å²) in [6, 6.07) is 6.52. The van der Waals surface area contributed by atoms with E-state index in [1.165, 1.54) is 71.0 Å². The summed E-state index contributed by atoms with van der Waals surface area (Å²) in [4.78, 5) is 11.8. The van der Waals surface area contributed by atoms with Gasteiger partial charge in [-0.1, -0.05) is 57.9 Å². The van der Waals surface area contributed by atoms with Crippen LogP contribution in [-0.2, 0) is 4.74 Å². The minimum Gasteiger partial charge on any atom is -0.465 e. The minimum absolute atomic E-state index is 0.0797. The lowest BCUT2D eigenvalue weighted by Crippen LogP contribution is -2.30. The number of benzene rings is 2. The zero-order valence-electron chi connectivity index (χ0n) is 20.2. The third-order valence-electron chi connectivity index (χ3n) is 8.35. The minimum atomic E-state index is -0.845. The van der Waals surface area contributed by atoms with Gasteiger partial charge in [0.2, 0.25) is 0 Å². The van der Waals surface area contributed by atoms with E-state index in [9.17, 15) is 4.79 Å². The van der Waals surface area contributed by atoms with Crippen molar-refractivity contribution in [2.45, 2.75) is 89.9 Å². The molecule has 0 amide bonds. The topological polar surface area (TPSA) is 26.3 Å². The van der Waals surface area contributed by atoms with Crippen molar-refractivity contribution in [1.29, 1.82) is 0 Å². The van der Waals surface area contributed by atoms with Crippen molar-refractivity contribution in [3.63, 3.8) is 0 Å².